The molecule has 3 amide bonds. The Bertz CT molecular complexity index is 1240. The van der Waals surface area contributed by atoms with Crippen LogP contribution in [0, 0.1) is 36.5 Å². The minimum Gasteiger partial charge on any atom is -0.426 e. The molecule has 7 heteroatoms. The molecule has 4 aliphatic rings. The third-order valence-electron chi connectivity index (χ3n) is 7.86. The molecule has 1 saturated carbocycles. The zero-order chi connectivity index (χ0) is 24.3. The van der Waals surface area contributed by atoms with Gasteiger partial charge >= 0.3 is 5.97 Å². The van der Waals surface area contributed by atoms with Crippen molar-refractivity contribution in [1.82, 2.24) is 4.90 Å². The van der Waals surface area contributed by atoms with Gasteiger partial charge in [0.15, 0.2) is 0 Å². The van der Waals surface area contributed by atoms with Crippen LogP contribution in [0.3, 0.4) is 0 Å². The number of fused-ring (bicyclic) bond motifs is 5. The molecular formula is C28H26N2O5. The lowest BCUT2D eigenvalue weighted by Crippen LogP contribution is -2.33. The maximum atomic E-state index is 13.1. The second-order valence-electron chi connectivity index (χ2n) is 10.0. The molecule has 5 atom stereocenters. The van der Waals surface area contributed by atoms with E-state index >= 15 is 0 Å². The number of benzene rings is 2. The summed E-state index contributed by atoms with van der Waals surface area (Å²) in [7, 11) is 0. The van der Waals surface area contributed by atoms with Crippen LogP contribution in [-0.2, 0) is 25.7 Å². The van der Waals surface area contributed by atoms with Crippen molar-refractivity contribution in [3.05, 3.63) is 71.8 Å². The molecule has 2 aliphatic heterocycles. The standard InChI is InChI=1S/C28H26N2O5/c1-16-11-21(35-28(34)20-13-23(31)29(15-20)14-17-5-3-2-4-6-17)9-10-22(16)30-26(32)24-18-7-8-19(12-18)25(24)27(30)33/h2-11,18-20,24-25H,12-15H2,1H3/t18-,19-,20+,24-,25+/m0/s1. The molecule has 2 aromatic carbocycles. The molecule has 178 valence electrons. The highest BCUT2D eigenvalue weighted by molar-refractivity contribution is 6.23. The average Bonchev–Trinajstić information content (AvgIpc) is 3.60. The van der Waals surface area contributed by atoms with Gasteiger partial charge in [-0.05, 0) is 54.5 Å². The zero-order valence-electron chi connectivity index (χ0n) is 19.4. The first kappa shape index (κ1) is 21.8. The molecule has 0 aromatic heterocycles. The normalized spacial score (nSPS) is 28.8. The highest BCUT2D eigenvalue weighted by Crippen LogP contribution is 2.53. The minimum absolute atomic E-state index is 0.0672. The van der Waals surface area contributed by atoms with Crippen LogP contribution >= 0.6 is 0 Å². The number of carbonyl (C=O) groups excluding carboxylic acids is 4. The number of amides is 3. The topological polar surface area (TPSA) is 84.0 Å². The van der Waals surface area contributed by atoms with Crippen molar-refractivity contribution in [2.45, 2.75) is 26.3 Å². The van der Waals surface area contributed by atoms with E-state index in [4.69, 9.17) is 4.74 Å². The third kappa shape index (κ3) is 3.57. The van der Waals surface area contributed by atoms with Crippen LogP contribution in [0.5, 0.6) is 5.75 Å². The van der Waals surface area contributed by atoms with Crippen LogP contribution in [0.2, 0.25) is 0 Å². The Kier molecular flexibility index (Phi) is 5.09. The number of imide groups is 1. The van der Waals surface area contributed by atoms with E-state index in [-0.39, 0.29) is 47.8 Å². The summed E-state index contributed by atoms with van der Waals surface area (Å²) in [4.78, 5) is 54.5. The lowest BCUT2D eigenvalue weighted by atomic mass is 9.85. The van der Waals surface area contributed by atoms with E-state index in [2.05, 4.69) is 12.2 Å². The van der Waals surface area contributed by atoms with Gasteiger partial charge in [-0.3, -0.25) is 19.2 Å². The van der Waals surface area contributed by atoms with Gasteiger partial charge in [0.2, 0.25) is 17.7 Å². The smallest absolute Gasteiger partial charge is 0.316 e. The van der Waals surface area contributed by atoms with E-state index in [0.29, 0.717) is 30.1 Å². The van der Waals surface area contributed by atoms with Crippen LogP contribution in [0.15, 0.2) is 60.7 Å². The summed E-state index contributed by atoms with van der Waals surface area (Å²) in [6.07, 6.45) is 5.16. The fourth-order valence-corrected chi connectivity index (χ4v) is 6.17. The second kappa shape index (κ2) is 8.18. The maximum absolute atomic E-state index is 13.1. The molecular weight excluding hydrogens is 444 g/mol. The number of hydrogen-bond donors (Lipinski definition) is 0. The number of hydrogen-bond acceptors (Lipinski definition) is 5. The van der Waals surface area contributed by atoms with Crippen molar-refractivity contribution >= 4 is 29.4 Å². The molecule has 0 unspecified atom stereocenters. The molecule has 2 saturated heterocycles. The molecule has 2 aromatic rings. The fraction of sp³-hybridized carbons (Fsp3) is 0.357. The SMILES string of the molecule is Cc1cc(OC(=O)[C@@H]2CC(=O)N(Cc3ccccc3)C2)ccc1N1C(=O)[C@@H]2[C@H](C1=O)[C@H]1C=C[C@H]2C1. The number of ether oxygens (including phenoxy) is 1. The lowest BCUT2D eigenvalue weighted by Gasteiger charge is -2.20. The first-order chi connectivity index (χ1) is 16.9. The van der Waals surface area contributed by atoms with Crippen molar-refractivity contribution in [2.24, 2.45) is 29.6 Å². The summed E-state index contributed by atoms with van der Waals surface area (Å²) < 4.78 is 5.60. The van der Waals surface area contributed by atoms with Crippen LogP contribution in [0.1, 0.15) is 24.0 Å². The highest BCUT2D eigenvalue weighted by Gasteiger charge is 2.59. The maximum Gasteiger partial charge on any atom is 0.316 e. The van der Waals surface area contributed by atoms with Crippen LogP contribution in [0.25, 0.3) is 0 Å². The van der Waals surface area contributed by atoms with Gasteiger partial charge in [-0.25, -0.2) is 4.90 Å². The largest absolute Gasteiger partial charge is 0.426 e. The number of likely N-dealkylation sites (tertiary alicyclic amines) is 1. The van der Waals surface area contributed by atoms with Crippen molar-refractivity contribution in [1.29, 1.82) is 0 Å². The first-order valence-corrected chi connectivity index (χ1v) is 12.1. The van der Waals surface area contributed by atoms with Crippen LogP contribution < -0.4 is 9.64 Å². The molecule has 3 fully saturated rings. The Hall–Kier alpha value is -3.74. The second-order valence-corrected chi connectivity index (χ2v) is 10.0. The van der Waals surface area contributed by atoms with E-state index in [9.17, 15) is 19.2 Å². The van der Waals surface area contributed by atoms with Crippen molar-refractivity contribution in [3.8, 4) is 5.75 Å². The predicted octanol–water partition coefficient (Wildman–Crippen LogP) is 3.26. The van der Waals surface area contributed by atoms with Gasteiger partial charge in [0.25, 0.3) is 0 Å². The van der Waals surface area contributed by atoms with Crippen molar-refractivity contribution in [2.75, 3.05) is 11.4 Å². The van der Waals surface area contributed by atoms with Crippen molar-refractivity contribution < 1.29 is 23.9 Å². The van der Waals surface area contributed by atoms with Gasteiger partial charge in [-0.1, -0.05) is 42.5 Å². The monoisotopic (exact) mass is 470 g/mol. The number of aryl methyl sites for hydroxylation is 1. The Balaban J connectivity index is 1.13. The summed E-state index contributed by atoms with van der Waals surface area (Å²) >= 11 is 0. The van der Waals surface area contributed by atoms with Gasteiger partial charge < -0.3 is 9.64 Å². The Morgan fingerprint density at radius 3 is 2.31 bits per heavy atom. The number of anilines is 1. The van der Waals surface area contributed by atoms with E-state index in [1.54, 1.807) is 30.0 Å². The van der Waals surface area contributed by atoms with E-state index in [0.717, 1.165) is 12.0 Å². The first-order valence-electron chi connectivity index (χ1n) is 12.1. The van der Waals surface area contributed by atoms with E-state index in [1.807, 2.05) is 30.3 Å². The van der Waals surface area contributed by atoms with Crippen LogP contribution in [0.4, 0.5) is 5.69 Å². The van der Waals surface area contributed by atoms with Gasteiger partial charge in [0.1, 0.15) is 5.75 Å². The summed E-state index contributed by atoms with van der Waals surface area (Å²) in [5, 5.41) is 0. The predicted molar refractivity (Wildman–Crippen MR) is 127 cm³/mol. The molecule has 2 heterocycles. The third-order valence-corrected chi connectivity index (χ3v) is 7.86. The molecule has 35 heavy (non-hydrogen) atoms. The number of carbonyl (C=O) groups is 4. The Morgan fingerprint density at radius 2 is 1.66 bits per heavy atom. The summed E-state index contributed by atoms with van der Waals surface area (Å²) in [5.74, 6) is -1.18. The van der Waals surface area contributed by atoms with E-state index in [1.165, 1.54) is 4.90 Å². The lowest BCUT2D eigenvalue weighted by molar-refractivity contribution is -0.139. The molecule has 0 radical (unpaired) electrons. The van der Waals surface area contributed by atoms with E-state index < -0.39 is 11.9 Å². The number of allylic oxidation sites excluding steroid dienone is 2. The number of rotatable bonds is 5. The molecule has 0 spiro atoms. The average molecular weight is 471 g/mol. The summed E-state index contributed by atoms with van der Waals surface area (Å²) in [6, 6.07) is 14.6. The number of nitrogens with zero attached hydrogens (tertiary/aromatic N) is 2. The fourth-order valence-electron chi connectivity index (χ4n) is 6.17. The Morgan fingerprint density at radius 1 is 0.971 bits per heavy atom. The molecule has 7 nitrogen and oxygen atoms in total. The van der Waals surface area contributed by atoms with Gasteiger partial charge in [0, 0.05) is 19.5 Å². The summed E-state index contributed by atoms with van der Waals surface area (Å²) in [6.45, 7) is 2.59. The molecule has 0 N–H and O–H groups in total. The molecule has 2 aliphatic carbocycles. The minimum atomic E-state index is -0.532. The van der Waals surface area contributed by atoms with Crippen LogP contribution in [-0.4, -0.2) is 35.1 Å². The highest BCUT2D eigenvalue weighted by atomic mass is 16.5. The number of esters is 1. The molecule has 6 rings (SSSR count). The van der Waals surface area contributed by atoms with Gasteiger partial charge in [0.05, 0.1) is 23.4 Å². The van der Waals surface area contributed by atoms with Gasteiger partial charge in [-0.2, -0.15) is 0 Å². The van der Waals surface area contributed by atoms with Crippen molar-refractivity contribution in [3.63, 3.8) is 0 Å². The Labute approximate surface area is 203 Å². The summed E-state index contributed by atoms with van der Waals surface area (Å²) in [5.41, 5.74) is 2.24. The van der Waals surface area contributed by atoms with Gasteiger partial charge in [-0.15, -0.1) is 0 Å². The quantitative estimate of drug-likeness (QED) is 0.290. The molecule has 2 bridgehead atoms. The zero-order valence-corrected chi connectivity index (χ0v) is 19.4.